The molecule has 0 aromatic heterocycles. The maximum atomic E-state index is 12.0. The number of hydrogen-bond acceptors (Lipinski definition) is 3. The molecule has 1 unspecified atom stereocenters. The molecule has 120 valence electrons. The van der Waals surface area contributed by atoms with Crippen LogP contribution in [-0.4, -0.2) is 46.2 Å². The highest BCUT2D eigenvalue weighted by Crippen LogP contribution is 2.32. The Morgan fingerprint density at radius 1 is 1.20 bits per heavy atom. The number of methoxy groups -OCH3 is 1. The Balaban J connectivity index is 2.23. The SMILES string of the molecule is COCCNCC(CCOCC(F)(F)F)C1CCCC1. The van der Waals surface area contributed by atoms with Gasteiger partial charge < -0.3 is 14.8 Å². The van der Waals surface area contributed by atoms with Gasteiger partial charge in [0, 0.05) is 20.3 Å². The number of alkyl halides is 3. The second-order valence-electron chi connectivity index (χ2n) is 5.46. The van der Waals surface area contributed by atoms with Crippen LogP contribution in [0, 0.1) is 11.8 Å². The highest BCUT2D eigenvalue weighted by atomic mass is 19.4. The van der Waals surface area contributed by atoms with Gasteiger partial charge in [-0.05, 0) is 24.8 Å². The summed E-state index contributed by atoms with van der Waals surface area (Å²) in [5.74, 6) is 1.03. The predicted molar refractivity (Wildman–Crippen MR) is 71.7 cm³/mol. The number of rotatable bonds is 10. The van der Waals surface area contributed by atoms with Crippen LogP contribution in [0.1, 0.15) is 32.1 Å². The van der Waals surface area contributed by atoms with Crippen LogP contribution >= 0.6 is 0 Å². The fourth-order valence-corrected chi connectivity index (χ4v) is 2.82. The summed E-state index contributed by atoms with van der Waals surface area (Å²) >= 11 is 0. The van der Waals surface area contributed by atoms with Gasteiger partial charge in [-0.2, -0.15) is 13.2 Å². The van der Waals surface area contributed by atoms with Crippen LogP contribution in [0.2, 0.25) is 0 Å². The summed E-state index contributed by atoms with van der Waals surface area (Å²) in [5.41, 5.74) is 0. The Morgan fingerprint density at radius 3 is 2.50 bits per heavy atom. The van der Waals surface area contributed by atoms with E-state index in [1.807, 2.05) is 0 Å². The summed E-state index contributed by atoms with van der Waals surface area (Å²) in [4.78, 5) is 0. The predicted octanol–water partition coefficient (Wildman–Crippen LogP) is 3.00. The Morgan fingerprint density at radius 2 is 1.90 bits per heavy atom. The number of hydrogen-bond donors (Lipinski definition) is 1. The minimum absolute atomic E-state index is 0.187. The van der Waals surface area contributed by atoms with Crippen molar-refractivity contribution < 1.29 is 22.6 Å². The lowest BCUT2D eigenvalue weighted by Crippen LogP contribution is -2.31. The molecule has 1 atom stereocenters. The van der Waals surface area contributed by atoms with Crippen molar-refractivity contribution in [3.63, 3.8) is 0 Å². The first-order chi connectivity index (χ1) is 9.53. The third kappa shape index (κ3) is 8.07. The van der Waals surface area contributed by atoms with Gasteiger partial charge in [0.15, 0.2) is 0 Å². The van der Waals surface area contributed by atoms with Crippen molar-refractivity contribution >= 4 is 0 Å². The first-order valence-electron chi connectivity index (χ1n) is 7.37. The normalized spacial score (nSPS) is 18.6. The van der Waals surface area contributed by atoms with E-state index >= 15 is 0 Å². The first-order valence-corrected chi connectivity index (χ1v) is 7.37. The van der Waals surface area contributed by atoms with E-state index in [9.17, 15) is 13.2 Å². The highest BCUT2D eigenvalue weighted by molar-refractivity contribution is 4.77. The van der Waals surface area contributed by atoms with Crippen molar-refractivity contribution in [1.29, 1.82) is 0 Å². The van der Waals surface area contributed by atoms with Gasteiger partial charge in [-0.3, -0.25) is 0 Å². The summed E-state index contributed by atoms with van der Waals surface area (Å²) in [7, 11) is 1.65. The van der Waals surface area contributed by atoms with Crippen LogP contribution in [0.3, 0.4) is 0 Å². The third-order valence-corrected chi connectivity index (χ3v) is 3.85. The molecule has 0 radical (unpaired) electrons. The molecule has 1 saturated carbocycles. The zero-order valence-electron chi connectivity index (χ0n) is 12.2. The average Bonchev–Trinajstić information content (AvgIpc) is 2.89. The smallest absolute Gasteiger partial charge is 0.383 e. The van der Waals surface area contributed by atoms with Crippen molar-refractivity contribution in [2.45, 2.75) is 38.3 Å². The Hall–Kier alpha value is -0.330. The van der Waals surface area contributed by atoms with Gasteiger partial charge in [0.05, 0.1) is 6.61 Å². The summed E-state index contributed by atoms with van der Waals surface area (Å²) in [6.07, 6.45) is 1.33. The molecule has 0 aromatic carbocycles. The standard InChI is InChI=1S/C14H26F3NO2/c1-19-9-7-18-10-13(12-4-2-3-5-12)6-8-20-11-14(15,16)17/h12-13,18H,2-11H2,1H3. The van der Waals surface area contributed by atoms with E-state index in [4.69, 9.17) is 9.47 Å². The molecule has 6 heteroatoms. The monoisotopic (exact) mass is 297 g/mol. The van der Waals surface area contributed by atoms with Crippen LogP contribution in [0.25, 0.3) is 0 Å². The summed E-state index contributed by atoms with van der Waals surface area (Å²) < 4.78 is 45.8. The number of ether oxygens (including phenoxy) is 2. The Kier molecular flexibility index (Phi) is 8.49. The van der Waals surface area contributed by atoms with Crippen molar-refractivity contribution in [3.05, 3.63) is 0 Å². The van der Waals surface area contributed by atoms with Crippen molar-refractivity contribution in [2.75, 3.05) is 40.0 Å². The van der Waals surface area contributed by atoms with Gasteiger partial charge in [0.25, 0.3) is 0 Å². The maximum Gasteiger partial charge on any atom is 0.411 e. The lowest BCUT2D eigenvalue weighted by molar-refractivity contribution is -0.174. The topological polar surface area (TPSA) is 30.5 Å². The molecule has 1 rings (SSSR count). The molecule has 0 bridgehead atoms. The number of halogens is 3. The van der Waals surface area contributed by atoms with Crippen LogP contribution in [-0.2, 0) is 9.47 Å². The van der Waals surface area contributed by atoms with Crippen LogP contribution in [0.15, 0.2) is 0 Å². The van der Waals surface area contributed by atoms with E-state index in [-0.39, 0.29) is 6.61 Å². The van der Waals surface area contributed by atoms with Gasteiger partial charge >= 0.3 is 6.18 Å². The zero-order valence-corrected chi connectivity index (χ0v) is 12.2. The fourth-order valence-electron chi connectivity index (χ4n) is 2.82. The molecule has 0 amide bonds. The molecule has 0 aromatic rings. The molecule has 0 heterocycles. The van der Waals surface area contributed by atoms with Crippen LogP contribution in [0.4, 0.5) is 13.2 Å². The summed E-state index contributed by atoms with van der Waals surface area (Å²) in [5, 5.41) is 3.32. The molecule has 1 aliphatic carbocycles. The maximum absolute atomic E-state index is 12.0. The molecule has 0 spiro atoms. The van der Waals surface area contributed by atoms with Crippen LogP contribution < -0.4 is 5.32 Å². The molecule has 1 fully saturated rings. The minimum atomic E-state index is -4.22. The first kappa shape index (κ1) is 17.7. The van der Waals surface area contributed by atoms with Crippen molar-refractivity contribution in [2.24, 2.45) is 11.8 Å². The zero-order chi connectivity index (χ0) is 14.8. The van der Waals surface area contributed by atoms with E-state index in [0.717, 1.165) is 13.1 Å². The van der Waals surface area contributed by atoms with E-state index in [0.29, 0.717) is 24.9 Å². The largest absolute Gasteiger partial charge is 0.411 e. The van der Waals surface area contributed by atoms with Crippen molar-refractivity contribution in [1.82, 2.24) is 5.32 Å². The summed E-state index contributed by atoms with van der Waals surface area (Å²) in [6.45, 7) is 1.32. The lowest BCUT2D eigenvalue weighted by atomic mass is 9.88. The summed E-state index contributed by atoms with van der Waals surface area (Å²) in [6, 6.07) is 0. The molecule has 1 aliphatic rings. The third-order valence-electron chi connectivity index (χ3n) is 3.85. The van der Waals surface area contributed by atoms with Gasteiger partial charge in [-0.15, -0.1) is 0 Å². The molecule has 3 nitrogen and oxygen atoms in total. The van der Waals surface area contributed by atoms with Gasteiger partial charge in [0.2, 0.25) is 0 Å². The Bertz CT molecular complexity index is 243. The van der Waals surface area contributed by atoms with Gasteiger partial charge in [0.1, 0.15) is 6.61 Å². The highest BCUT2D eigenvalue weighted by Gasteiger charge is 2.28. The fraction of sp³-hybridized carbons (Fsp3) is 1.00. The number of nitrogens with one attached hydrogen (secondary N) is 1. The second kappa shape index (κ2) is 9.58. The van der Waals surface area contributed by atoms with Crippen molar-refractivity contribution in [3.8, 4) is 0 Å². The lowest BCUT2D eigenvalue weighted by Gasteiger charge is -2.24. The van der Waals surface area contributed by atoms with E-state index in [1.54, 1.807) is 7.11 Å². The average molecular weight is 297 g/mol. The van der Waals surface area contributed by atoms with E-state index in [2.05, 4.69) is 5.32 Å². The molecule has 0 aliphatic heterocycles. The van der Waals surface area contributed by atoms with Crippen LogP contribution in [0.5, 0.6) is 0 Å². The quantitative estimate of drug-likeness (QED) is 0.629. The molecule has 0 saturated heterocycles. The van der Waals surface area contributed by atoms with E-state index in [1.165, 1.54) is 25.7 Å². The Labute approximate surface area is 119 Å². The van der Waals surface area contributed by atoms with Gasteiger partial charge in [-0.1, -0.05) is 25.7 Å². The second-order valence-corrected chi connectivity index (χ2v) is 5.46. The van der Waals surface area contributed by atoms with Gasteiger partial charge in [-0.25, -0.2) is 0 Å². The molecular formula is C14H26F3NO2. The van der Waals surface area contributed by atoms with E-state index < -0.39 is 12.8 Å². The molecular weight excluding hydrogens is 271 g/mol. The molecule has 1 N–H and O–H groups in total. The minimum Gasteiger partial charge on any atom is -0.383 e. The molecule has 20 heavy (non-hydrogen) atoms.